The van der Waals surface area contributed by atoms with Crippen LogP contribution in [0.3, 0.4) is 0 Å². The summed E-state index contributed by atoms with van der Waals surface area (Å²) in [6.07, 6.45) is 1.48. The molecule has 0 aromatic heterocycles. The van der Waals surface area contributed by atoms with Crippen LogP contribution in [0.2, 0.25) is 0 Å². The van der Waals surface area contributed by atoms with Crippen LogP contribution in [0.15, 0.2) is 0 Å². The number of carboxylic acids is 1. The van der Waals surface area contributed by atoms with E-state index in [1.807, 2.05) is 6.07 Å². The molecule has 78 valence electrons. The van der Waals surface area contributed by atoms with Gasteiger partial charge < -0.3 is 9.84 Å². The van der Waals surface area contributed by atoms with E-state index in [1.54, 1.807) is 0 Å². The zero-order chi connectivity index (χ0) is 10.8. The van der Waals surface area contributed by atoms with Gasteiger partial charge in [-0.3, -0.25) is 9.59 Å². The van der Waals surface area contributed by atoms with Gasteiger partial charge in [0, 0.05) is 12.8 Å². The Morgan fingerprint density at radius 2 is 1.93 bits per heavy atom. The third-order valence-electron chi connectivity index (χ3n) is 1.50. The molecule has 0 radical (unpaired) electrons. The van der Waals surface area contributed by atoms with E-state index in [2.05, 4.69) is 4.74 Å². The lowest BCUT2D eigenvalue weighted by Crippen LogP contribution is -2.05. The van der Waals surface area contributed by atoms with Gasteiger partial charge in [0.05, 0.1) is 12.5 Å². The molecule has 0 aliphatic carbocycles. The maximum absolute atomic E-state index is 10.9. The van der Waals surface area contributed by atoms with Crippen LogP contribution in [0, 0.1) is 11.3 Å². The first-order valence-electron chi connectivity index (χ1n) is 4.41. The lowest BCUT2D eigenvalue weighted by Gasteiger charge is -2.00. The topological polar surface area (TPSA) is 87.4 Å². The summed E-state index contributed by atoms with van der Waals surface area (Å²) >= 11 is 0. The number of carbonyl (C=O) groups excluding carboxylic acids is 1. The number of nitrogens with zero attached hydrogens (tertiary/aromatic N) is 1. The van der Waals surface area contributed by atoms with Gasteiger partial charge in [0.15, 0.2) is 0 Å². The number of esters is 1. The van der Waals surface area contributed by atoms with Crippen molar-refractivity contribution in [2.45, 2.75) is 32.1 Å². The quantitative estimate of drug-likeness (QED) is 0.489. The summed E-state index contributed by atoms with van der Waals surface area (Å²) in [6.45, 7) is 0.119. The van der Waals surface area contributed by atoms with E-state index < -0.39 is 5.97 Å². The van der Waals surface area contributed by atoms with E-state index >= 15 is 0 Å². The number of aliphatic carboxylic acids is 1. The molecule has 0 bridgehead atoms. The van der Waals surface area contributed by atoms with Crippen molar-refractivity contribution in [3.05, 3.63) is 0 Å². The number of hydrogen-bond donors (Lipinski definition) is 1. The van der Waals surface area contributed by atoms with Crippen molar-refractivity contribution in [2.75, 3.05) is 6.61 Å². The second kappa shape index (κ2) is 8.05. The summed E-state index contributed by atoms with van der Waals surface area (Å²) in [7, 11) is 0. The number of ether oxygens (including phenoxy) is 1. The molecule has 1 N–H and O–H groups in total. The third kappa shape index (κ3) is 8.53. The predicted octanol–water partition coefficient (Wildman–Crippen LogP) is 1.09. The van der Waals surface area contributed by atoms with E-state index in [9.17, 15) is 9.59 Å². The summed E-state index contributed by atoms with van der Waals surface area (Å²) in [4.78, 5) is 21.0. The maximum atomic E-state index is 10.9. The van der Waals surface area contributed by atoms with Gasteiger partial charge in [-0.25, -0.2) is 0 Å². The maximum Gasteiger partial charge on any atom is 0.305 e. The van der Waals surface area contributed by atoms with Crippen LogP contribution in [0.25, 0.3) is 0 Å². The first kappa shape index (κ1) is 12.4. The number of carbonyl (C=O) groups is 2. The van der Waals surface area contributed by atoms with Gasteiger partial charge >= 0.3 is 11.9 Å². The largest absolute Gasteiger partial charge is 0.481 e. The average molecular weight is 199 g/mol. The van der Waals surface area contributed by atoms with Gasteiger partial charge in [-0.15, -0.1) is 0 Å². The van der Waals surface area contributed by atoms with Crippen molar-refractivity contribution in [3.63, 3.8) is 0 Å². The zero-order valence-corrected chi connectivity index (χ0v) is 7.86. The van der Waals surface area contributed by atoms with E-state index in [1.165, 1.54) is 0 Å². The summed E-state index contributed by atoms with van der Waals surface area (Å²) in [5, 5.41) is 16.4. The smallest absolute Gasteiger partial charge is 0.305 e. The molecule has 0 saturated heterocycles. The lowest BCUT2D eigenvalue weighted by atomic mass is 10.2. The second-order valence-electron chi connectivity index (χ2n) is 2.73. The summed E-state index contributed by atoms with van der Waals surface area (Å²) in [5.41, 5.74) is 0. The molecule has 14 heavy (non-hydrogen) atoms. The van der Waals surface area contributed by atoms with E-state index in [0.29, 0.717) is 12.8 Å². The van der Waals surface area contributed by atoms with Gasteiger partial charge in [-0.2, -0.15) is 5.26 Å². The van der Waals surface area contributed by atoms with Gasteiger partial charge in [0.1, 0.15) is 6.61 Å². The lowest BCUT2D eigenvalue weighted by molar-refractivity contribution is -0.144. The molecule has 0 spiro atoms. The summed E-state index contributed by atoms with van der Waals surface area (Å²) < 4.78 is 4.68. The van der Waals surface area contributed by atoms with Crippen LogP contribution in [0.1, 0.15) is 32.1 Å². The van der Waals surface area contributed by atoms with E-state index in [4.69, 9.17) is 10.4 Å². The molecule has 0 atom stereocenters. The minimum Gasteiger partial charge on any atom is -0.481 e. The molecule has 0 unspecified atom stereocenters. The summed E-state index contributed by atoms with van der Waals surface area (Å²) in [5.74, 6) is -1.23. The number of hydrogen-bond acceptors (Lipinski definition) is 4. The molecule has 0 aromatic carbocycles. The fraction of sp³-hybridized carbons (Fsp3) is 0.667. The Bertz CT molecular complexity index is 231. The highest BCUT2D eigenvalue weighted by Crippen LogP contribution is 2.01. The van der Waals surface area contributed by atoms with Crippen LogP contribution >= 0.6 is 0 Å². The monoisotopic (exact) mass is 199 g/mol. The van der Waals surface area contributed by atoms with Gasteiger partial charge in [-0.1, -0.05) is 0 Å². The molecule has 0 saturated carbocycles. The molecule has 0 fully saturated rings. The van der Waals surface area contributed by atoms with E-state index in [-0.39, 0.29) is 31.8 Å². The van der Waals surface area contributed by atoms with Crippen molar-refractivity contribution in [1.82, 2.24) is 0 Å². The van der Waals surface area contributed by atoms with Crippen LogP contribution in [-0.2, 0) is 14.3 Å². The average Bonchev–Trinajstić information content (AvgIpc) is 2.13. The van der Waals surface area contributed by atoms with Gasteiger partial charge in [0.25, 0.3) is 0 Å². The van der Waals surface area contributed by atoms with Crippen LogP contribution in [0.4, 0.5) is 0 Å². The molecule has 0 heterocycles. The predicted molar refractivity (Wildman–Crippen MR) is 47.3 cm³/mol. The van der Waals surface area contributed by atoms with Crippen LogP contribution in [-0.4, -0.2) is 23.7 Å². The summed E-state index contributed by atoms with van der Waals surface area (Å²) in [6, 6.07) is 1.85. The Labute approximate surface area is 82.3 Å². The minimum absolute atomic E-state index is 0.0749. The van der Waals surface area contributed by atoms with Crippen LogP contribution < -0.4 is 0 Å². The third-order valence-corrected chi connectivity index (χ3v) is 1.50. The van der Waals surface area contributed by atoms with Crippen LogP contribution in [0.5, 0.6) is 0 Å². The Kier molecular flexibility index (Phi) is 7.15. The Hall–Kier alpha value is -1.57. The number of nitriles is 1. The zero-order valence-electron chi connectivity index (χ0n) is 7.86. The second-order valence-corrected chi connectivity index (χ2v) is 2.73. The molecule has 0 rings (SSSR count). The first-order chi connectivity index (χ1) is 6.66. The molecular weight excluding hydrogens is 186 g/mol. The molecule has 5 heteroatoms. The normalized spacial score (nSPS) is 9.07. The standard InChI is InChI=1S/C9H13NO4/c10-6-3-7-14-9(13)5-2-1-4-8(11)12/h1-5,7H2,(H,11,12). The highest BCUT2D eigenvalue weighted by molar-refractivity contribution is 5.69. The Morgan fingerprint density at radius 3 is 2.50 bits per heavy atom. The molecule has 0 amide bonds. The fourth-order valence-corrected chi connectivity index (χ4v) is 0.828. The first-order valence-corrected chi connectivity index (χ1v) is 4.41. The van der Waals surface area contributed by atoms with Crippen molar-refractivity contribution in [2.24, 2.45) is 0 Å². The SMILES string of the molecule is N#CCCOC(=O)CCCCC(=O)O. The van der Waals surface area contributed by atoms with Gasteiger partial charge in [0.2, 0.25) is 0 Å². The fourth-order valence-electron chi connectivity index (χ4n) is 0.828. The van der Waals surface area contributed by atoms with Gasteiger partial charge in [-0.05, 0) is 12.8 Å². The number of rotatable bonds is 7. The number of carboxylic acid groups (broad SMARTS) is 1. The van der Waals surface area contributed by atoms with Crippen molar-refractivity contribution in [3.8, 4) is 6.07 Å². The molecule has 0 aliphatic rings. The van der Waals surface area contributed by atoms with Crippen molar-refractivity contribution < 1.29 is 19.4 Å². The highest BCUT2D eigenvalue weighted by atomic mass is 16.5. The Balaban J connectivity index is 3.28. The number of unbranched alkanes of at least 4 members (excludes halogenated alkanes) is 1. The highest BCUT2D eigenvalue weighted by Gasteiger charge is 2.03. The molecule has 0 aromatic rings. The molecule has 0 aliphatic heterocycles. The molecule has 5 nitrogen and oxygen atoms in total. The van der Waals surface area contributed by atoms with E-state index in [0.717, 1.165) is 0 Å². The van der Waals surface area contributed by atoms with Crippen molar-refractivity contribution >= 4 is 11.9 Å². The molecular formula is C9H13NO4. The van der Waals surface area contributed by atoms with Crippen molar-refractivity contribution in [1.29, 1.82) is 5.26 Å². The Morgan fingerprint density at radius 1 is 1.29 bits per heavy atom. The minimum atomic E-state index is -0.858.